The first-order valence-electron chi connectivity index (χ1n) is 11.7. The lowest BCUT2D eigenvalue weighted by Crippen LogP contribution is -2.52. The summed E-state index contributed by atoms with van der Waals surface area (Å²) in [5.41, 5.74) is 1.68. The van der Waals surface area contributed by atoms with Gasteiger partial charge in [-0.2, -0.15) is 0 Å². The predicted octanol–water partition coefficient (Wildman–Crippen LogP) is 6.55. The second kappa shape index (κ2) is 13.7. The van der Waals surface area contributed by atoms with Gasteiger partial charge < -0.3 is 15.0 Å². The fourth-order valence-electron chi connectivity index (χ4n) is 3.60. The summed E-state index contributed by atoms with van der Waals surface area (Å²) in [6, 6.07) is 21.3. The number of amides is 2. The molecule has 0 radical (unpaired) electrons. The third-order valence-electron chi connectivity index (χ3n) is 5.50. The van der Waals surface area contributed by atoms with Crippen molar-refractivity contribution in [1.82, 2.24) is 10.2 Å². The highest BCUT2D eigenvalue weighted by molar-refractivity contribution is 9.10. The number of ether oxygens (including phenoxy) is 1. The molecule has 0 spiro atoms. The zero-order valence-electron chi connectivity index (χ0n) is 20.2. The Morgan fingerprint density at radius 3 is 2.33 bits per heavy atom. The first-order chi connectivity index (χ1) is 17.2. The molecule has 0 bridgehead atoms. The number of carbonyl (C=O) groups is 2. The molecule has 0 aliphatic rings. The maximum Gasteiger partial charge on any atom is 0.261 e. The summed E-state index contributed by atoms with van der Waals surface area (Å²) in [5, 5.41) is 3.90. The summed E-state index contributed by atoms with van der Waals surface area (Å²) in [6.07, 6.45) is 0.347. The number of nitrogens with one attached hydrogen (secondary N) is 1. The van der Waals surface area contributed by atoms with E-state index < -0.39 is 6.04 Å². The third-order valence-corrected chi connectivity index (χ3v) is 6.66. The number of rotatable bonds is 11. The Labute approximate surface area is 230 Å². The molecule has 3 aromatic carbocycles. The summed E-state index contributed by atoms with van der Waals surface area (Å²) in [5.74, 6) is 0.0702. The molecule has 1 N–H and O–H groups in total. The van der Waals surface area contributed by atoms with Crippen LogP contribution in [-0.4, -0.2) is 35.9 Å². The Bertz CT molecular complexity index is 1170. The first-order valence-corrected chi connectivity index (χ1v) is 13.2. The van der Waals surface area contributed by atoms with E-state index in [1.54, 1.807) is 24.3 Å². The molecule has 36 heavy (non-hydrogen) atoms. The van der Waals surface area contributed by atoms with Crippen LogP contribution in [0.3, 0.4) is 0 Å². The van der Waals surface area contributed by atoms with Gasteiger partial charge in [-0.15, -0.1) is 0 Å². The third kappa shape index (κ3) is 8.26. The molecular weight excluding hydrogens is 563 g/mol. The molecule has 0 aliphatic carbocycles. The fraction of sp³-hybridized carbons (Fsp3) is 0.286. The molecule has 0 unspecified atom stereocenters. The van der Waals surface area contributed by atoms with E-state index in [-0.39, 0.29) is 30.9 Å². The van der Waals surface area contributed by atoms with Gasteiger partial charge in [0.15, 0.2) is 6.61 Å². The van der Waals surface area contributed by atoms with Crippen LogP contribution in [0.15, 0.2) is 77.3 Å². The molecule has 2 amide bonds. The second-order valence-corrected chi connectivity index (χ2v) is 10.6. The summed E-state index contributed by atoms with van der Waals surface area (Å²) in [4.78, 5) is 28.6. The fourth-order valence-corrected chi connectivity index (χ4v) is 4.52. The topological polar surface area (TPSA) is 58.6 Å². The average molecular weight is 592 g/mol. The van der Waals surface area contributed by atoms with Gasteiger partial charge in [0.25, 0.3) is 5.91 Å². The molecule has 1 atom stereocenters. The van der Waals surface area contributed by atoms with Crippen molar-refractivity contribution >= 4 is 50.9 Å². The van der Waals surface area contributed by atoms with E-state index in [0.717, 1.165) is 15.6 Å². The molecule has 0 saturated carbocycles. The van der Waals surface area contributed by atoms with Crippen molar-refractivity contribution in [1.29, 1.82) is 0 Å². The molecular formula is C28H29BrCl2N2O3. The highest BCUT2D eigenvalue weighted by atomic mass is 79.9. The average Bonchev–Trinajstić information content (AvgIpc) is 2.85. The second-order valence-electron chi connectivity index (χ2n) is 8.82. The van der Waals surface area contributed by atoms with Crippen LogP contribution in [0.5, 0.6) is 5.75 Å². The summed E-state index contributed by atoms with van der Waals surface area (Å²) >= 11 is 16.1. The summed E-state index contributed by atoms with van der Waals surface area (Å²) in [6.45, 7) is 4.42. The number of halogens is 3. The lowest BCUT2D eigenvalue weighted by Gasteiger charge is -2.32. The smallest absolute Gasteiger partial charge is 0.261 e. The normalized spacial score (nSPS) is 11.7. The van der Waals surface area contributed by atoms with Crippen LogP contribution in [0, 0.1) is 5.92 Å². The van der Waals surface area contributed by atoms with Crippen LogP contribution in [0.4, 0.5) is 0 Å². The van der Waals surface area contributed by atoms with Crippen molar-refractivity contribution in [2.75, 3.05) is 13.2 Å². The highest BCUT2D eigenvalue weighted by Crippen LogP contribution is 2.28. The Morgan fingerprint density at radius 1 is 0.972 bits per heavy atom. The van der Waals surface area contributed by atoms with Gasteiger partial charge >= 0.3 is 0 Å². The molecule has 0 heterocycles. The van der Waals surface area contributed by atoms with Gasteiger partial charge in [-0.25, -0.2) is 0 Å². The van der Waals surface area contributed by atoms with Crippen LogP contribution >= 0.6 is 39.1 Å². The number of hydrogen-bond acceptors (Lipinski definition) is 3. The Kier molecular flexibility index (Phi) is 10.7. The van der Waals surface area contributed by atoms with E-state index in [1.807, 2.05) is 62.4 Å². The number of benzene rings is 3. The molecule has 190 valence electrons. The lowest BCUT2D eigenvalue weighted by molar-refractivity contribution is -0.142. The zero-order chi connectivity index (χ0) is 26.1. The van der Waals surface area contributed by atoms with E-state index in [1.165, 1.54) is 4.90 Å². The first kappa shape index (κ1) is 28.0. The van der Waals surface area contributed by atoms with Crippen LogP contribution < -0.4 is 10.1 Å². The van der Waals surface area contributed by atoms with Gasteiger partial charge in [0.1, 0.15) is 11.8 Å². The number of hydrogen-bond donors (Lipinski definition) is 1. The minimum atomic E-state index is -0.765. The van der Waals surface area contributed by atoms with Crippen molar-refractivity contribution in [3.63, 3.8) is 0 Å². The Balaban J connectivity index is 1.92. The van der Waals surface area contributed by atoms with E-state index in [4.69, 9.17) is 27.9 Å². The SMILES string of the molecule is CC(C)CNC(=O)[C@H](Cc1ccccc1)N(Cc1ccccc1Cl)C(=O)COc1ccc(Br)cc1Cl. The largest absolute Gasteiger partial charge is 0.482 e. The van der Waals surface area contributed by atoms with Gasteiger partial charge in [-0.3, -0.25) is 9.59 Å². The highest BCUT2D eigenvalue weighted by Gasteiger charge is 2.31. The van der Waals surface area contributed by atoms with Crippen LogP contribution in [-0.2, 0) is 22.6 Å². The number of carbonyl (C=O) groups excluding carboxylic acids is 2. The van der Waals surface area contributed by atoms with Crippen molar-refractivity contribution in [2.24, 2.45) is 5.92 Å². The van der Waals surface area contributed by atoms with Crippen molar-refractivity contribution in [3.8, 4) is 5.75 Å². The van der Waals surface area contributed by atoms with Crippen LogP contribution in [0.25, 0.3) is 0 Å². The predicted molar refractivity (Wildman–Crippen MR) is 148 cm³/mol. The van der Waals surface area contributed by atoms with Crippen molar-refractivity contribution < 1.29 is 14.3 Å². The Hall–Kier alpha value is -2.54. The zero-order valence-corrected chi connectivity index (χ0v) is 23.3. The number of nitrogens with zero attached hydrogens (tertiary/aromatic N) is 1. The monoisotopic (exact) mass is 590 g/mol. The standard InChI is InChI=1S/C28H29BrCl2N2O3/c1-19(2)16-32-28(35)25(14-20-8-4-3-5-9-20)33(17-21-10-6-7-11-23(21)30)27(34)18-36-26-13-12-22(29)15-24(26)31/h3-13,15,19,25H,14,16-18H2,1-2H3,(H,32,35)/t25-/m0/s1. The van der Waals surface area contributed by atoms with Crippen LogP contribution in [0.1, 0.15) is 25.0 Å². The van der Waals surface area contributed by atoms with Gasteiger partial charge in [-0.05, 0) is 41.3 Å². The molecule has 0 aromatic heterocycles. The molecule has 3 aromatic rings. The maximum absolute atomic E-state index is 13.6. The van der Waals surface area contributed by atoms with Crippen molar-refractivity contribution in [2.45, 2.75) is 32.9 Å². The molecule has 0 fully saturated rings. The molecule has 8 heteroatoms. The van der Waals surface area contributed by atoms with E-state index >= 15 is 0 Å². The van der Waals surface area contributed by atoms with Gasteiger partial charge in [0.05, 0.1) is 5.02 Å². The molecule has 5 nitrogen and oxygen atoms in total. The molecule has 3 rings (SSSR count). The minimum absolute atomic E-state index is 0.155. The van der Waals surface area contributed by atoms with E-state index in [2.05, 4.69) is 21.2 Å². The quantitative estimate of drug-likeness (QED) is 0.275. The van der Waals surface area contributed by atoms with Gasteiger partial charge in [0, 0.05) is 29.0 Å². The van der Waals surface area contributed by atoms with Gasteiger partial charge in [-0.1, -0.05) is 102 Å². The van der Waals surface area contributed by atoms with Crippen molar-refractivity contribution in [3.05, 3.63) is 98.4 Å². The lowest BCUT2D eigenvalue weighted by atomic mass is 10.0. The minimum Gasteiger partial charge on any atom is -0.482 e. The van der Waals surface area contributed by atoms with E-state index in [0.29, 0.717) is 28.8 Å². The van der Waals surface area contributed by atoms with Crippen LogP contribution in [0.2, 0.25) is 10.0 Å². The Morgan fingerprint density at radius 2 is 1.67 bits per heavy atom. The molecule has 0 aliphatic heterocycles. The van der Waals surface area contributed by atoms with E-state index in [9.17, 15) is 9.59 Å². The molecule has 0 saturated heterocycles. The maximum atomic E-state index is 13.6. The van der Waals surface area contributed by atoms with Gasteiger partial charge in [0.2, 0.25) is 5.91 Å². The summed E-state index contributed by atoms with van der Waals surface area (Å²) in [7, 11) is 0. The summed E-state index contributed by atoms with van der Waals surface area (Å²) < 4.78 is 6.57.